The number of sulfone groups is 1. The first-order valence-electron chi connectivity index (χ1n) is 7.33. The third kappa shape index (κ3) is 4.32. The number of likely N-dealkylation sites (N-methyl/N-ethyl adjacent to an activating group) is 1. The molecule has 0 saturated carbocycles. The second-order valence-corrected chi connectivity index (χ2v) is 8.42. The highest BCUT2D eigenvalue weighted by Gasteiger charge is 2.29. The van der Waals surface area contributed by atoms with Crippen LogP contribution in [0.3, 0.4) is 0 Å². The molecule has 1 aliphatic heterocycles. The zero-order chi connectivity index (χ0) is 14.8. The first kappa shape index (κ1) is 15.5. The van der Waals surface area contributed by atoms with Gasteiger partial charge in [-0.3, -0.25) is 0 Å². The van der Waals surface area contributed by atoms with Crippen molar-refractivity contribution >= 4 is 9.84 Å². The molecule has 112 valence electrons. The van der Waals surface area contributed by atoms with Gasteiger partial charge in [0.05, 0.1) is 11.5 Å². The molecular formula is C16H25NO2S. The number of hydrogen-bond acceptors (Lipinski definition) is 3. The minimum absolute atomic E-state index is 0.323. The van der Waals surface area contributed by atoms with Crippen LogP contribution >= 0.6 is 0 Å². The molecule has 1 aliphatic rings. The summed E-state index contributed by atoms with van der Waals surface area (Å²) < 4.78 is 23.1. The molecule has 0 spiro atoms. The van der Waals surface area contributed by atoms with E-state index in [1.807, 2.05) is 7.05 Å². The highest BCUT2D eigenvalue weighted by Crippen LogP contribution is 2.24. The van der Waals surface area contributed by atoms with Gasteiger partial charge in [0, 0.05) is 6.04 Å². The normalized spacial score (nSPS) is 22.9. The zero-order valence-corrected chi connectivity index (χ0v) is 13.5. The SMILES string of the molecule is CNC(Cc1cc(C)cc(C)c1)CC1CCS(=O)(=O)C1. The predicted molar refractivity (Wildman–Crippen MR) is 83.8 cm³/mol. The average molecular weight is 295 g/mol. The summed E-state index contributed by atoms with van der Waals surface area (Å²) >= 11 is 0. The molecule has 0 aliphatic carbocycles. The molecule has 1 saturated heterocycles. The monoisotopic (exact) mass is 295 g/mol. The average Bonchev–Trinajstić information content (AvgIpc) is 2.66. The van der Waals surface area contributed by atoms with Gasteiger partial charge in [0.15, 0.2) is 9.84 Å². The Hall–Kier alpha value is -0.870. The van der Waals surface area contributed by atoms with Crippen molar-refractivity contribution in [1.29, 1.82) is 0 Å². The Morgan fingerprint density at radius 1 is 1.25 bits per heavy atom. The molecule has 0 aromatic heterocycles. The first-order valence-corrected chi connectivity index (χ1v) is 9.15. The lowest BCUT2D eigenvalue weighted by Gasteiger charge is -2.20. The van der Waals surface area contributed by atoms with Crippen molar-refractivity contribution in [3.05, 3.63) is 34.9 Å². The van der Waals surface area contributed by atoms with Crippen molar-refractivity contribution in [1.82, 2.24) is 5.32 Å². The number of hydrogen-bond donors (Lipinski definition) is 1. The van der Waals surface area contributed by atoms with Gasteiger partial charge in [-0.2, -0.15) is 0 Å². The van der Waals surface area contributed by atoms with Gasteiger partial charge in [0.1, 0.15) is 0 Å². The molecule has 2 unspecified atom stereocenters. The second kappa shape index (κ2) is 6.27. The van der Waals surface area contributed by atoms with E-state index in [9.17, 15) is 8.42 Å². The van der Waals surface area contributed by atoms with E-state index in [1.54, 1.807) is 0 Å². The fourth-order valence-electron chi connectivity index (χ4n) is 3.23. The zero-order valence-electron chi connectivity index (χ0n) is 12.6. The molecule has 0 amide bonds. The summed E-state index contributed by atoms with van der Waals surface area (Å²) in [5.41, 5.74) is 3.92. The van der Waals surface area contributed by atoms with E-state index in [-0.39, 0.29) is 0 Å². The molecular weight excluding hydrogens is 270 g/mol. The van der Waals surface area contributed by atoms with Crippen molar-refractivity contribution in [2.45, 2.75) is 39.2 Å². The van der Waals surface area contributed by atoms with Crippen LogP contribution in [0, 0.1) is 19.8 Å². The number of aryl methyl sites for hydroxylation is 2. The molecule has 1 aromatic rings. The van der Waals surface area contributed by atoms with Crippen LogP contribution in [-0.2, 0) is 16.3 Å². The first-order chi connectivity index (χ1) is 9.38. The summed E-state index contributed by atoms with van der Waals surface area (Å²) in [7, 11) is -0.794. The molecule has 1 aromatic carbocycles. The van der Waals surface area contributed by atoms with Crippen LogP contribution in [0.5, 0.6) is 0 Å². The molecule has 2 rings (SSSR count). The summed E-state index contributed by atoms with van der Waals surface area (Å²) in [4.78, 5) is 0. The predicted octanol–water partition coefficient (Wildman–Crippen LogP) is 2.26. The Kier molecular flexibility index (Phi) is 4.86. The topological polar surface area (TPSA) is 46.2 Å². The van der Waals surface area contributed by atoms with Crippen LogP contribution in [0.15, 0.2) is 18.2 Å². The Bertz CT molecular complexity index is 546. The maximum Gasteiger partial charge on any atom is 0.150 e. The largest absolute Gasteiger partial charge is 0.317 e. The van der Waals surface area contributed by atoms with Gasteiger partial charge >= 0.3 is 0 Å². The van der Waals surface area contributed by atoms with E-state index < -0.39 is 9.84 Å². The van der Waals surface area contributed by atoms with Crippen LogP contribution in [-0.4, -0.2) is 33.0 Å². The number of benzene rings is 1. The minimum Gasteiger partial charge on any atom is -0.317 e. The summed E-state index contributed by atoms with van der Waals surface area (Å²) in [6, 6.07) is 6.99. The van der Waals surface area contributed by atoms with Gasteiger partial charge in [-0.25, -0.2) is 8.42 Å². The van der Waals surface area contributed by atoms with Crippen molar-refractivity contribution < 1.29 is 8.42 Å². The number of nitrogens with one attached hydrogen (secondary N) is 1. The Morgan fingerprint density at radius 3 is 2.40 bits per heavy atom. The van der Waals surface area contributed by atoms with Gasteiger partial charge in [0.2, 0.25) is 0 Å². The van der Waals surface area contributed by atoms with E-state index >= 15 is 0 Å². The van der Waals surface area contributed by atoms with E-state index in [2.05, 4.69) is 37.4 Å². The standard InChI is InChI=1S/C16H25NO2S/c1-12-6-13(2)8-15(7-12)10-16(17-3)9-14-4-5-20(18,19)11-14/h6-8,14,16-17H,4-5,9-11H2,1-3H3. The van der Waals surface area contributed by atoms with Crippen LogP contribution < -0.4 is 5.32 Å². The molecule has 20 heavy (non-hydrogen) atoms. The third-order valence-electron chi connectivity index (χ3n) is 4.12. The van der Waals surface area contributed by atoms with Gasteiger partial charge in [-0.1, -0.05) is 29.3 Å². The van der Waals surface area contributed by atoms with Gasteiger partial charge in [-0.15, -0.1) is 0 Å². The van der Waals surface area contributed by atoms with Gasteiger partial charge in [-0.05, 0) is 51.6 Å². The van der Waals surface area contributed by atoms with Crippen molar-refractivity contribution in [2.24, 2.45) is 5.92 Å². The molecule has 2 atom stereocenters. The van der Waals surface area contributed by atoms with E-state index in [4.69, 9.17) is 0 Å². The fourth-order valence-corrected chi connectivity index (χ4v) is 5.11. The lowest BCUT2D eigenvalue weighted by Crippen LogP contribution is -2.30. The molecule has 1 fully saturated rings. The van der Waals surface area contributed by atoms with E-state index in [0.29, 0.717) is 23.5 Å². The van der Waals surface area contributed by atoms with Crippen LogP contribution in [0.1, 0.15) is 29.5 Å². The molecule has 1 heterocycles. The Morgan fingerprint density at radius 2 is 1.90 bits per heavy atom. The molecule has 3 nitrogen and oxygen atoms in total. The highest BCUT2D eigenvalue weighted by atomic mass is 32.2. The van der Waals surface area contributed by atoms with Crippen molar-refractivity contribution in [3.8, 4) is 0 Å². The van der Waals surface area contributed by atoms with Crippen LogP contribution in [0.25, 0.3) is 0 Å². The second-order valence-electron chi connectivity index (χ2n) is 6.19. The van der Waals surface area contributed by atoms with Crippen LogP contribution in [0.2, 0.25) is 0 Å². The fraction of sp³-hybridized carbons (Fsp3) is 0.625. The molecule has 4 heteroatoms. The smallest absolute Gasteiger partial charge is 0.150 e. The van der Waals surface area contributed by atoms with Crippen molar-refractivity contribution in [3.63, 3.8) is 0 Å². The summed E-state index contributed by atoms with van der Waals surface area (Å²) in [5, 5.41) is 3.35. The molecule has 0 bridgehead atoms. The molecule has 0 radical (unpaired) electrons. The Balaban J connectivity index is 1.99. The molecule has 1 N–H and O–H groups in total. The maximum atomic E-state index is 11.5. The Labute approximate surface area is 122 Å². The highest BCUT2D eigenvalue weighted by molar-refractivity contribution is 7.91. The third-order valence-corrected chi connectivity index (χ3v) is 5.95. The van der Waals surface area contributed by atoms with Crippen LogP contribution in [0.4, 0.5) is 0 Å². The van der Waals surface area contributed by atoms with Gasteiger partial charge < -0.3 is 5.32 Å². The van der Waals surface area contributed by atoms with Crippen molar-refractivity contribution in [2.75, 3.05) is 18.6 Å². The quantitative estimate of drug-likeness (QED) is 0.906. The maximum absolute atomic E-state index is 11.5. The van der Waals surface area contributed by atoms with Gasteiger partial charge in [0.25, 0.3) is 0 Å². The number of rotatable bonds is 5. The summed E-state index contributed by atoms with van der Waals surface area (Å²) in [6.07, 6.45) is 2.74. The summed E-state index contributed by atoms with van der Waals surface area (Å²) in [6.45, 7) is 4.24. The summed E-state index contributed by atoms with van der Waals surface area (Å²) in [5.74, 6) is 1.07. The lowest BCUT2D eigenvalue weighted by atomic mass is 9.93. The minimum atomic E-state index is -2.76. The van der Waals surface area contributed by atoms with E-state index in [0.717, 1.165) is 19.3 Å². The lowest BCUT2D eigenvalue weighted by molar-refractivity contribution is 0.424. The van der Waals surface area contributed by atoms with E-state index in [1.165, 1.54) is 16.7 Å².